The number of aliphatic hydroxyl groups excluding tert-OH is 1. The van der Waals surface area contributed by atoms with Crippen molar-refractivity contribution in [2.24, 2.45) is 0 Å². The minimum Gasteiger partial charge on any atom is -0.387 e. The smallest absolute Gasteiger partial charge is 0.387 e. The van der Waals surface area contributed by atoms with Gasteiger partial charge in [0.25, 0.3) is 0 Å². The predicted octanol–water partition coefficient (Wildman–Crippen LogP) is 14.6. The van der Waals surface area contributed by atoms with E-state index in [4.69, 9.17) is 9.05 Å². The largest absolute Gasteiger partial charge is 0.472 e. The molecule has 0 fully saturated rings. The predicted molar refractivity (Wildman–Crippen MR) is 263 cm³/mol. The number of phosphoric ester groups is 1. The van der Waals surface area contributed by atoms with Gasteiger partial charge >= 0.3 is 7.82 Å². The summed E-state index contributed by atoms with van der Waals surface area (Å²) in [7, 11) is 1.55. The fourth-order valence-electron chi connectivity index (χ4n) is 6.95. The quantitative estimate of drug-likeness (QED) is 0.0244. The van der Waals surface area contributed by atoms with Crippen LogP contribution in [0.1, 0.15) is 213 Å². The van der Waals surface area contributed by atoms with E-state index in [-0.39, 0.29) is 19.1 Å². The molecule has 0 aliphatic rings. The number of amides is 1. The average Bonchev–Trinajstić information content (AvgIpc) is 3.21. The van der Waals surface area contributed by atoms with Crippen LogP contribution in [0.25, 0.3) is 0 Å². The molecule has 0 aromatic heterocycles. The van der Waals surface area contributed by atoms with Gasteiger partial charge in [-0.3, -0.25) is 13.8 Å². The monoisotopic (exact) mass is 878 g/mol. The summed E-state index contributed by atoms with van der Waals surface area (Å²) < 4.78 is 23.6. The highest BCUT2D eigenvalue weighted by molar-refractivity contribution is 7.47. The molecule has 0 saturated carbocycles. The Labute approximate surface area is 377 Å². The molecule has 0 aromatic carbocycles. The molecule has 0 saturated heterocycles. The number of carbonyl (C=O) groups is 1. The Morgan fingerprint density at radius 1 is 0.557 bits per heavy atom. The van der Waals surface area contributed by atoms with E-state index in [1.54, 1.807) is 6.08 Å². The number of aliphatic hydroxyl groups is 1. The number of nitrogens with zero attached hydrogens (tertiary/aromatic N) is 1. The molecule has 61 heavy (non-hydrogen) atoms. The molecular weight excluding hydrogens is 780 g/mol. The number of nitrogens with one attached hydrogen (secondary N) is 1. The molecule has 0 rings (SSSR count). The second-order valence-electron chi connectivity index (χ2n) is 18.2. The van der Waals surface area contributed by atoms with Crippen LogP contribution in [-0.4, -0.2) is 73.4 Å². The average molecular weight is 878 g/mol. The zero-order chi connectivity index (χ0) is 45.0. The van der Waals surface area contributed by atoms with Crippen molar-refractivity contribution in [3.05, 3.63) is 60.8 Å². The van der Waals surface area contributed by atoms with Gasteiger partial charge in [-0.2, -0.15) is 0 Å². The Bertz CT molecular complexity index is 1180. The highest BCUT2D eigenvalue weighted by Gasteiger charge is 2.27. The summed E-state index contributed by atoms with van der Waals surface area (Å²) in [6, 6.07) is -0.867. The van der Waals surface area contributed by atoms with Crippen molar-refractivity contribution in [1.82, 2.24) is 5.32 Å². The lowest BCUT2D eigenvalue weighted by atomic mass is 10.0. The van der Waals surface area contributed by atoms with Crippen molar-refractivity contribution in [2.45, 2.75) is 225 Å². The number of carbonyl (C=O) groups excluding carboxylic acids is 1. The van der Waals surface area contributed by atoms with Gasteiger partial charge in [0.2, 0.25) is 5.91 Å². The number of phosphoric acid groups is 1. The zero-order valence-electron chi connectivity index (χ0n) is 40.4. The Balaban J connectivity index is 4.30. The maximum Gasteiger partial charge on any atom is 0.472 e. The van der Waals surface area contributed by atoms with Gasteiger partial charge in [-0.1, -0.05) is 197 Å². The number of unbranched alkanes of at least 4 members (excludes halogenated alkanes) is 24. The molecule has 0 spiro atoms. The molecule has 3 atom stereocenters. The van der Waals surface area contributed by atoms with E-state index in [1.807, 2.05) is 27.2 Å². The summed E-state index contributed by atoms with van der Waals surface area (Å²) in [5.41, 5.74) is 0. The topological polar surface area (TPSA) is 105 Å². The van der Waals surface area contributed by atoms with Gasteiger partial charge < -0.3 is 19.8 Å². The van der Waals surface area contributed by atoms with E-state index >= 15 is 0 Å². The molecule has 1 amide bonds. The minimum absolute atomic E-state index is 0.0533. The van der Waals surface area contributed by atoms with Crippen LogP contribution in [0, 0.1) is 0 Å². The van der Waals surface area contributed by atoms with Crippen LogP contribution in [0.4, 0.5) is 0 Å². The SMILES string of the molecule is CCCCCCC/C=C\C/C=C\C/C=C\CCCCCCCCCCCCC(=O)NC(COP(=O)(O)OCC[N+](C)(C)C)C(O)/C=C/CC/C=C/CCCCCCCCCC. The Morgan fingerprint density at radius 2 is 0.951 bits per heavy atom. The van der Waals surface area contributed by atoms with Gasteiger partial charge in [0.05, 0.1) is 39.9 Å². The summed E-state index contributed by atoms with van der Waals surface area (Å²) in [6.45, 7) is 4.77. The summed E-state index contributed by atoms with van der Waals surface area (Å²) in [5.74, 6) is -0.193. The lowest BCUT2D eigenvalue weighted by molar-refractivity contribution is -0.870. The van der Waals surface area contributed by atoms with Gasteiger partial charge in [0, 0.05) is 6.42 Å². The van der Waals surface area contributed by atoms with Crippen LogP contribution in [0.2, 0.25) is 0 Å². The number of hydrogen-bond acceptors (Lipinski definition) is 5. The number of quaternary nitrogens is 1. The first-order valence-electron chi connectivity index (χ1n) is 25.2. The fraction of sp³-hybridized carbons (Fsp3) is 0.788. The first kappa shape index (κ1) is 59.2. The molecule has 3 N–H and O–H groups in total. The summed E-state index contributed by atoms with van der Waals surface area (Å²) in [5, 5.41) is 13.8. The lowest BCUT2D eigenvalue weighted by Crippen LogP contribution is -2.45. The van der Waals surface area contributed by atoms with Gasteiger partial charge in [-0.05, 0) is 70.6 Å². The van der Waals surface area contributed by atoms with Crippen molar-refractivity contribution in [3.8, 4) is 0 Å². The van der Waals surface area contributed by atoms with E-state index in [2.05, 4.69) is 67.8 Å². The molecule has 0 aromatic rings. The maximum absolute atomic E-state index is 12.9. The molecule has 0 radical (unpaired) electrons. The van der Waals surface area contributed by atoms with Gasteiger partial charge in [-0.15, -0.1) is 0 Å². The minimum atomic E-state index is -4.35. The normalized spacial score (nSPS) is 14.7. The second kappa shape index (κ2) is 43.5. The van der Waals surface area contributed by atoms with Crippen LogP contribution in [0.3, 0.4) is 0 Å². The van der Waals surface area contributed by atoms with Crippen LogP contribution >= 0.6 is 7.82 Å². The van der Waals surface area contributed by atoms with Gasteiger partial charge in [0.1, 0.15) is 13.2 Å². The van der Waals surface area contributed by atoms with Crippen LogP contribution < -0.4 is 5.32 Å². The highest BCUT2D eigenvalue weighted by atomic mass is 31.2. The third-order valence-corrected chi connectivity index (χ3v) is 11.9. The van der Waals surface area contributed by atoms with E-state index in [1.165, 1.54) is 141 Å². The first-order chi connectivity index (χ1) is 29.5. The van der Waals surface area contributed by atoms with E-state index in [0.29, 0.717) is 17.4 Å². The fourth-order valence-corrected chi connectivity index (χ4v) is 7.68. The van der Waals surface area contributed by atoms with Crippen molar-refractivity contribution in [2.75, 3.05) is 40.9 Å². The number of hydrogen-bond donors (Lipinski definition) is 3. The molecule has 0 aliphatic carbocycles. The Morgan fingerprint density at radius 3 is 1.43 bits per heavy atom. The van der Waals surface area contributed by atoms with Crippen molar-refractivity contribution >= 4 is 13.7 Å². The maximum atomic E-state index is 12.9. The summed E-state index contributed by atoms with van der Waals surface area (Å²) >= 11 is 0. The Hall–Kier alpha value is -1.80. The van der Waals surface area contributed by atoms with E-state index < -0.39 is 20.0 Å². The molecule has 9 heteroatoms. The van der Waals surface area contributed by atoms with Crippen molar-refractivity contribution < 1.29 is 32.9 Å². The molecule has 0 heterocycles. The van der Waals surface area contributed by atoms with Crippen molar-refractivity contribution in [3.63, 3.8) is 0 Å². The third kappa shape index (κ3) is 46.0. The number of allylic oxidation sites excluding steroid dienone is 9. The van der Waals surface area contributed by atoms with Crippen LogP contribution in [-0.2, 0) is 18.4 Å². The summed E-state index contributed by atoms with van der Waals surface area (Å²) in [6.07, 6.45) is 57.3. The molecule has 3 unspecified atom stereocenters. The summed E-state index contributed by atoms with van der Waals surface area (Å²) in [4.78, 5) is 23.2. The standard InChI is InChI=1S/C52H97N2O6P/c1-6-8-10-12-14-16-18-20-22-23-24-25-26-27-28-29-30-31-32-34-36-38-40-42-44-46-52(56)53-50(49-60-61(57,58)59-48-47-54(3,4)5)51(55)45-43-41-39-37-35-33-21-19-17-15-13-11-9-7-2/h18,20,23-24,26-27,35,37,43,45,50-51,55H,6-17,19,21-22,25,28-34,36,38-42,44,46-49H2,1-5H3,(H-,53,56,57,58)/p+1/b20-18-,24-23-,27-26-,37-35+,45-43+. The van der Waals surface area contributed by atoms with Crippen molar-refractivity contribution in [1.29, 1.82) is 0 Å². The molecule has 0 aliphatic heterocycles. The molecular formula is C52H98N2O6P+. The van der Waals surface area contributed by atoms with Crippen LogP contribution in [0.15, 0.2) is 60.8 Å². The number of rotatable bonds is 45. The van der Waals surface area contributed by atoms with Crippen LogP contribution in [0.5, 0.6) is 0 Å². The second-order valence-corrected chi connectivity index (χ2v) is 19.6. The first-order valence-corrected chi connectivity index (χ1v) is 26.7. The lowest BCUT2D eigenvalue weighted by Gasteiger charge is -2.25. The molecule has 0 bridgehead atoms. The van der Waals surface area contributed by atoms with E-state index in [0.717, 1.165) is 51.4 Å². The zero-order valence-corrected chi connectivity index (χ0v) is 41.3. The van der Waals surface area contributed by atoms with E-state index in [9.17, 15) is 19.4 Å². The highest BCUT2D eigenvalue weighted by Crippen LogP contribution is 2.43. The van der Waals surface area contributed by atoms with Gasteiger partial charge in [-0.25, -0.2) is 4.57 Å². The molecule has 8 nitrogen and oxygen atoms in total. The third-order valence-electron chi connectivity index (χ3n) is 11.0. The number of likely N-dealkylation sites (N-methyl/N-ethyl adjacent to an activating group) is 1. The molecule has 356 valence electrons. The van der Waals surface area contributed by atoms with Gasteiger partial charge in [0.15, 0.2) is 0 Å². The Kier molecular flexibility index (Phi) is 42.2.